The first-order valence-corrected chi connectivity index (χ1v) is 7.89. The van der Waals surface area contributed by atoms with E-state index >= 15 is 0 Å². The zero-order valence-electron chi connectivity index (χ0n) is 8.87. The number of thiazole rings is 1. The first-order chi connectivity index (χ1) is 8.01. The third kappa shape index (κ3) is 2.83. The fraction of sp³-hybridized carbons (Fsp3) is 0.222. The number of rotatable bonds is 4. The molecule has 0 spiro atoms. The fourth-order valence-electron chi connectivity index (χ4n) is 1.16. The van der Waals surface area contributed by atoms with Crippen molar-refractivity contribution in [2.45, 2.75) is 18.4 Å². The van der Waals surface area contributed by atoms with Crippen LogP contribution in [0.25, 0.3) is 0 Å². The molecule has 17 heavy (non-hydrogen) atoms. The van der Waals surface area contributed by atoms with Crippen LogP contribution in [0.2, 0.25) is 0 Å². The molecule has 0 saturated carbocycles. The summed E-state index contributed by atoms with van der Waals surface area (Å²) in [4.78, 5) is 4.79. The van der Waals surface area contributed by atoms with Gasteiger partial charge < -0.3 is 5.11 Å². The van der Waals surface area contributed by atoms with E-state index in [4.69, 9.17) is 5.11 Å². The Morgan fingerprint density at radius 3 is 2.71 bits per heavy atom. The van der Waals surface area contributed by atoms with Crippen molar-refractivity contribution in [2.75, 3.05) is 4.72 Å². The van der Waals surface area contributed by atoms with Crippen LogP contribution in [0.15, 0.2) is 21.7 Å². The lowest BCUT2D eigenvalue weighted by atomic mass is 10.5. The second kappa shape index (κ2) is 4.73. The SMILES string of the molecule is Cc1csc(NS(=O)(=O)c2csc(CO)c2)n1. The average molecular weight is 290 g/mol. The molecule has 0 aliphatic heterocycles. The van der Waals surface area contributed by atoms with E-state index in [1.165, 1.54) is 34.1 Å². The minimum absolute atomic E-state index is 0.152. The average Bonchev–Trinajstić information content (AvgIpc) is 2.86. The number of anilines is 1. The number of sulfonamides is 1. The summed E-state index contributed by atoms with van der Waals surface area (Å²) in [7, 11) is -3.59. The highest BCUT2D eigenvalue weighted by Gasteiger charge is 2.17. The monoisotopic (exact) mass is 290 g/mol. The Kier molecular flexibility index (Phi) is 3.48. The Morgan fingerprint density at radius 1 is 1.41 bits per heavy atom. The van der Waals surface area contributed by atoms with Crippen molar-refractivity contribution in [3.8, 4) is 0 Å². The van der Waals surface area contributed by atoms with Gasteiger partial charge in [0.15, 0.2) is 5.13 Å². The number of aliphatic hydroxyl groups excluding tert-OH is 1. The van der Waals surface area contributed by atoms with Gasteiger partial charge in [-0.1, -0.05) is 0 Å². The molecule has 2 aromatic rings. The quantitative estimate of drug-likeness (QED) is 0.900. The number of nitrogens with one attached hydrogen (secondary N) is 1. The largest absolute Gasteiger partial charge is 0.391 e. The van der Waals surface area contributed by atoms with Gasteiger partial charge >= 0.3 is 0 Å². The van der Waals surface area contributed by atoms with E-state index in [0.717, 1.165) is 5.69 Å². The van der Waals surface area contributed by atoms with Crippen molar-refractivity contribution < 1.29 is 13.5 Å². The smallest absolute Gasteiger partial charge is 0.264 e. The van der Waals surface area contributed by atoms with Gasteiger partial charge in [0, 0.05) is 15.6 Å². The van der Waals surface area contributed by atoms with Crippen LogP contribution in [-0.2, 0) is 16.6 Å². The number of thiophene rings is 1. The van der Waals surface area contributed by atoms with Crippen LogP contribution >= 0.6 is 22.7 Å². The normalized spacial score (nSPS) is 11.6. The molecule has 0 aliphatic rings. The van der Waals surface area contributed by atoms with E-state index in [-0.39, 0.29) is 11.5 Å². The van der Waals surface area contributed by atoms with Gasteiger partial charge in [0.1, 0.15) is 0 Å². The van der Waals surface area contributed by atoms with Crippen LogP contribution in [0.1, 0.15) is 10.6 Å². The lowest BCUT2D eigenvalue weighted by Gasteiger charge is -2.01. The van der Waals surface area contributed by atoms with Crippen LogP contribution in [0.3, 0.4) is 0 Å². The van der Waals surface area contributed by atoms with E-state index in [1.54, 1.807) is 12.3 Å². The molecule has 0 aliphatic carbocycles. The molecule has 0 atom stereocenters. The lowest BCUT2D eigenvalue weighted by molar-refractivity contribution is 0.285. The predicted molar refractivity (Wildman–Crippen MR) is 67.9 cm³/mol. The van der Waals surface area contributed by atoms with Crippen molar-refractivity contribution >= 4 is 37.8 Å². The molecule has 0 saturated heterocycles. The van der Waals surface area contributed by atoms with E-state index < -0.39 is 10.0 Å². The molecule has 0 amide bonds. The van der Waals surface area contributed by atoms with Gasteiger partial charge in [0.25, 0.3) is 10.0 Å². The zero-order valence-corrected chi connectivity index (χ0v) is 11.3. The Morgan fingerprint density at radius 2 is 2.18 bits per heavy atom. The number of nitrogens with zero attached hydrogens (tertiary/aromatic N) is 1. The third-order valence-electron chi connectivity index (χ3n) is 1.94. The lowest BCUT2D eigenvalue weighted by Crippen LogP contribution is -2.11. The summed E-state index contributed by atoms with van der Waals surface area (Å²) >= 11 is 2.44. The summed E-state index contributed by atoms with van der Waals surface area (Å²) in [5, 5.41) is 12.5. The molecular weight excluding hydrogens is 280 g/mol. The molecule has 2 heterocycles. The van der Waals surface area contributed by atoms with Crippen LogP contribution in [0, 0.1) is 6.92 Å². The first-order valence-electron chi connectivity index (χ1n) is 4.64. The second-order valence-corrected chi connectivity index (χ2v) is 6.84. The molecule has 0 radical (unpaired) electrons. The van der Waals surface area contributed by atoms with E-state index in [1.807, 2.05) is 0 Å². The third-order valence-corrected chi connectivity index (χ3v) is 5.33. The van der Waals surface area contributed by atoms with E-state index in [9.17, 15) is 8.42 Å². The maximum absolute atomic E-state index is 11.9. The molecule has 0 aromatic carbocycles. The van der Waals surface area contributed by atoms with E-state index in [0.29, 0.717) is 10.0 Å². The molecule has 5 nitrogen and oxygen atoms in total. The topological polar surface area (TPSA) is 79.3 Å². The van der Waals surface area contributed by atoms with Crippen molar-refractivity contribution in [3.05, 3.63) is 27.4 Å². The predicted octanol–water partition coefficient (Wildman–Crippen LogP) is 1.81. The number of hydrogen-bond donors (Lipinski definition) is 2. The highest BCUT2D eigenvalue weighted by molar-refractivity contribution is 7.93. The van der Waals surface area contributed by atoms with Gasteiger partial charge in [-0.3, -0.25) is 4.72 Å². The van der Waals surface area contributed by atoms with Crippen molar-refractivity contribution in [1.29, 1.82) is 0 Å². The van der Waals surface area contributed by atoms with E-state index in [2.05, 4.69) is 9.71 Å². The summed E-state index contributed by atoms with van der Waals surface area (Å²) in [5.41, 5.74) is 0.772. The molecular formula is C9H10N2O3S3. The molecule has 92 valence electrons. The van der Waals surface area contributed by atoms with Gasteiger partial charge in [-0.25, -0.2) is 13.4 Å². The summed E-state index contributed by atoms with van der Waals surface area (Å²) in [6.45, 7) is 1.64. The van der Waals surface area contributed by atoms with Gasteiger partial charge in [-0.2, -0.15) is 0 Å². The molecule has 2 rings (SSSR count). The summed E-state index contributed by atoms with van der Waals surface area (Å²) in [6, 6.07) is 1.45. The zero-order chi connectivity index (χ0) is 12.5. The molecule has 2 aromatic heterocycles. The van der Waals surface area contributed by atoms with Crippen LogP contribution < -0.4 is 4.72 Å². The second-order valence-electron chi connectivity index (χ2n) is 3.31. The molecule has 0 unspecified atom stereocenters. The highest BCUT2D eigenvalue weighted by atomic mass is 32.2. The van der Waals surface area contributed by atoms with Crippen molar-refractivity contribution in [1.82, 2.24) is 4.98 Å². The first kappa shape index (κ1) is 12.5. The van der Waals surface area contributed by atoms with Crippen LogP contribution in [-0.4, -0.2) is 18.5 Å². The summed E-state index contributed by atoms with van der Waals surface area (Å²) in [5.74, 6) is 0. The Bertz CT molecular complexity index is 615. The fourth-order valence-corrected chi connectivity index (χ4v) is 4.23. The van der Waals surface area contributed by atoms with Gasteiger partial charge in [0.2, 0.25) is 0 Å². The van der Waals surface area contributed by atoms with Gasteiger partial charge in [0.05, 0.1) is 17.2 Å². The maximum atomic E-state index is 11.9. The number of hydrogen-bond acceptors (Lipinski definition) is 6. The number of aliphatic hydroxyl groups is 1. The van der Waals surface area contributed by atoms with Crippen LogP contribution in [0.5, 0.6) is 0 Å². The van der Waals surface area contributed by atoms with Crippen molar-refractivity contribution in [2.24, 2.45) is 0 Å². The Balaban J connectivity index is 2.24. The molecule has 0 bridgehead atoms. The van der Waals surface area contributed by atoms with Gasteiger partial charge in [-0.05, 0) is 13.0 Å². The minimum Gasteiger partial charge on any atom is -0.391 e. The van der Waals surface area contributed by atoms with Crippen LogP contribution in [0.4, 0.5) is 5.13 Å². The summed E-state index contributed by atoms with van der Waals surface area (Å²) < 4.78 is 26.2. The Labute approximate surface area is 107 Å². The number of aryl methyl sites for hydroxylation is 1. The standard InChI is InChI=1S/C9H10N2O3S3/c1-6-4-16-9(10-6)11-17(13,14)8-2-7(3-12)15-5-8/h2,4-5,12H,3H2,1H3,(H,10,11). The maximum Gasteiger partial charge on any atom is 0.264 e. The molecule has 0 fully saturated rings. The number of aromatic nitrogens is 1. The van der Waals surface area contributed by atoms with Gasteiger partial charge in [-0.15, -0.1) is 22.7 Å². The minimum atomic E-state index is -3.59. The highest BCUT2D eigenvalue weighted by Crippen LogP contribution is 2.23. The molecule has 2 N–H and O–H groups in total. The summed E-state index contributed by atoms with van der Waals surface area (Å²) in [6.07, 6.45) is 0. The Hall–Kier alpha value is -0.960. The molecule has 8 heteroatoms. The van der Waals surface area contributed by atoms with Crippen molar-refractivity contribution in [3.63, 3.8) is 0 Å².